The topological polar surface area (TPSA) is 59.6 Å². The summed E-state index contributed by atoms with van der Waals surface area (Å²) in [4.78, 5) is 12.0. The molecule has 0 heterocycles. The summed E-state index contributed by atoms with van der Waals surface area (Å²) in [5.41, 5.74) is 2.07. The SMILES string of the molecule is COc1ccccc1CCNC(=O)CCNc1ccc(OC(C)C)cc1. The van der Waals surface area contributed by atoms with Crippen LogP contribution in [0.3, 0.4) is 0 Å². The monoisotopic (exact) mass is 356 g/mol. The number of nitrogens with one attached hydrogen (secondary N) is 2. The zero-order valence-electron chi connectivity index (χ0n) is 15.7. The molecule has 0 atom stereocenters. The number of amides is 1. The summed E-state index contributed by atoms with van der Waals surface area (Å²) >= 11 is 0. The molecule has 0 saturated heterocycles. The molecule has 0 aliphatic heterocycles. The average molecular weight is 356 g/mol. The Morgan fingerprint density at radius 2 is 1.77 bits per heavy atom. The largest absolute Gasteiger partial charge is 0.496 e. The molecule has 0 aliphatic carbocycles. The predicted molar refractivity (Wildman–Crippen MR) is 105 cm³/mol. The maximum Gasteiger partial charge on any atom is 0.221 e. The van der Waals surface area contributed by atoms with Gasteiger partial charge in [-0.15, -0.1) is 0 Å². The third kappa shape index (κ3) is 6.67. The number of hydrogen-bond acceptors (Lipinski definition) is 4. The number of anilines is 1. The van der Waals surface area contributed by atoms with E-state index in [9.17, 15) is 4.79 Å². The molecule has 2 N–H and O–H groups in total. The molecule has 0 radical (unpaired) electrons. The van der Waals surface area contributed by atoms with Crippen LogP contribution in [-0.2, 0) is 11.2 Å². The van der Waals surface area contributed by atoms with Gasteiger partial charge >= 0.3 is 0 Å². The van der Waals surface area contributed by atoms with Gasteiger partial charge in [0, 0.05) is 25.2 Å². The van der Waals surface area contributed by atoms with Gasteiger partial charge in [-0.25, -0.2) is 0 Å². The molecule has 0 aliphatic rings. The Hall–Kier alpha value is -2.69. The highest BCUT2D eigenvalue weighted by molar-refractivity contribution is 5.76. The van der Waals surface area contributed by atoms with Gasteiger partial charge in [0.05, 0.1) is 13.2 Å². The highest BCUT2D eigenvalue weighted by Gasteiger charge is 2.04. The zero-order valence-corrected chi connectivity index (χ0v) is 15.7. The van der Waals surface area contributed by atoms with E-state index in [2.05, 4.69) is 10.6 Å². The van der Waals surface area contributed by atoms with Gasteiger partial charge in [-0.05, 0) is 56.2 Å². The lowest BCUT2D eigenvalue weighted by molar-refractivity contribution is -0.120. The lowest BCUT2D eigenvalue weighted by atomic mass is 10.1. The first-order valence-electron chi connectivity index (χ1n) is 8.97. The van der Waals surface area contributed by atoms with Gasteiger partial charge in [-0.3, -0.25) is 4.79 Å². The van der Waals surface area contributed by atoms with E-state index in [1.165, 1.54) is 0 Å². The van der Waals surface area contributed by atoms with Gasteiger partial charge in [-0.2, -0.15) is 0 Å². The van der Waals surface area contributed by atoms with Gasteiger partial charge in [-0.1, -0.05) is 18.2 Å². The molecule has 0 aromatic heterocycles. The van der Waals surface area contributed by atoms with E-state index in [4.69, 9.17) is 9.47 Å². The van der Waals surface area contributed by atoms with Crippen LogP contribution in [0, 0.1) is 0 Å². The number of ether oxygens (including phenoxy) is 2. The molecule has 26 heavy (non-hydrogen) atoms. The second-order valence-corrected chi connectivity index (χ2v) is 6.28. The van der Waals surface area contributed by atoms with Crippen LogP contribution in [0.4, 0.5) is 5.69 Å². The maximum absolute atomic E-state index is 12.0. The highest BCUT2D eigenvalue weighted by Crippen LogP contribution is 2.18. The van der Waals surface area contributed by atoms with Crippen LogP contribution in [0.15, 0.2) is 48.5 Å². The first-order chi connectivity index (χ1) is 12.6. The molecular formula is C21H28N2O3. The van der Waals surface area contributed by atoms with E-state index < -0.39 is 0 Å². The molecule has 0 unspecified atom stereocenters. The number of hydrogen-bond donors (Lipinski definition) is 2. The molecule has 140 valence electrons. The van der Waals surface area contributed by atoms with Crippen molar-refractivity contribution in [1.29, 1.82) is 0 Å². The first-order valence-corrected chi connectivity index (χ1v) is 8.97. The molecule has 0 spiro atoms. The molecule has 0 bridgehead atoms. The van der Waals surface area contributed by atoms with Crippen molar-refractivity contribution in [2.24, 2.45) is 0 Å². The summed E-state index contributed by atoms with van der Waals surface area (Å²) in [6.07, 6.45) is 1.34. The maximum atomic E-state index is 12.0. The fraction of sp³-hybridized carbons (Fsp3) is 0.381. The van der Waals surface area contributed by atoms with Gasteiger partial charge in [0.25, 0.3) is 0 Å². The van der Waals surface area contributed by atoms with Crippen molar-refractivity contribution < 1.29 is 14.3 Å². The summed E-state index contributed by atoms with van der Waals surface area (Å²) in [5.74, 6) is 1.74. The second-order valence-electron chi connectivity index (χ2n) is 6.28. The van der Waals surface area contributed by atoms with Crippen LogP contribution in [0.5, 0.6) is 11.5 Å². The second kappa shape index (κ2) is 10.3. The Balaban J connectivity index is 1.66. The summed E-state index contributed by atoms with van der Waals surface area (Å²) < 4.78 is 10.9. The smallest absolute Gasteiger partial charge is 0.221 e. The summed E-state index contributed by atoms with van der Waals surface area (Å²) in [6.45, 7) is 5.18. The van der Waals surface area contributed by atoms with Gasteiger partial charge in [0.1, 0.15) is 11.5 Å². The van der Waals surface area contributed by atoms with Gasteiger partial charge < -0.3 is 20.1 Å². The van der Waals surface area contributed by atoms with E-state index in [-0.39, 0.29) is 12.0 Å². The average Bonchev–Trinajstić information content (AvgIpc) is 2.63. The Labute approximate surface area is 155 Å². The molecular weight excluding hydrogens is 328 g/mol. The fourth-order valence-corrected chi connectivity index (χ4v) is 2.58. The van der Waals surface area contributed by atoms with Crippen LogP contribution < -0.4 is 20.1 Å². The predicted octanol–water partition coefficient (Wildman–Crippen LogP) is 3.64. The number of methoxy groups -OCH3 is 1. The van der Waals surface area contributed by atoms with Crippen molar-refractivity contribution >= 4 is 11.6 Å². The molecule has 2 aromatic carbocycles. The van der Waals surface area contributed by atoms with E-state index in [1.54, 1.807) is 7.11 Å². The third-order valence-electron chi connectivity index (χ3n) is 3.82. The van der Waals surface area contributed by atoms with Crippen LogP contribution >= 0.6 is 0 Å². The summed E-state index contributed by atoms with van der Waals surface area (Å²) in [5, 5.41) is 6.19. The van der Waals surface area contributed by atoms with Crippen molar-refractivity contribution in [3.8, 4) is 11.5 Å². The van der Waals surface area contributed by atoms with E-state index in [1.807, 2.05) is 62.4 Å². The zero-order chi connectivity index (χ0) is 18.8. The molecule has 2 rings (SSSR count). The van der Waals surface area contributed by atoms with Crippen LogP contribution in [0.25, 0.3) is 0 Å². The van der Waals surface area contributed by atoms with E-state index >= 15 is 0 Å². The molecule has 1 amide bonds. The van der Waals surface area contributed by atoms with Crippen LogP contribution in [0.2, 0.25) is 0 Å². The number of benzene rings is 2. The molecule has 0 saturated carbocycles. The van der Waals surface area contributed by atoms with Crippen molar-refractivity contribution in [3.05, 3.63) is 54.1 Å². The molecule has 0 fully saturated rings. The van der Waals surface area contributed by atoms with Crippen molar-refractivity contribution in [3.63, 3.8) is 0 Å². The third-order valence-corrected chi connectivity index (χ3v) is 3.82. The summed E-state index contributed by atoms with van der Waals surface area (Å²) in [7, 11) is 1.66. The van der Waals surface area contributed by atoms with Crippen LogP contribution in [0.1, 0.15) is 25.8 Å². The fourth-order valence-electron chi connectivity index (χ4n) is 2.58. The number of para-hydroxylation sites is 1. The number of carbonyl (C=O) groups is 1. The normalized spacial score (nSPS) is 10.5. The minimum absolute atomic E-state index is 0.0344. The highest BCUT2D eigenvalue weighted by atomic mass is 16.5. The molecule has 5 heteroatoms. The lowest BCUT2D eigenvalue weighted by Crippen LogP contribution is -2.27. The molecule has 2 aromatic rings. The quantitative estimate of drug-likeness (QED) is 0.682. The Kier molecular flexibility index (Phi) is 7.80. The van der Waals surface area contributed by atoms with Gasteiger partial charge in [0.15, 0.2) is 0 Å². The standard InChI is InChI=1S/C21H28N2O3/c1-16(2)26-19-10-8-18(9-11-19)22-15-13-21(24)23-14-12-17-6-4-5-7-20(17)25-3/h4-11,16,22H,12-15H2,1-3H3,(H,23,24). The van der Waals surface area contributed by atoms with Gasteiger partial charge in [0.2, 0.25) is 5.91 Å². The van der Waals surface area contributed by atoms with Crippen molar-refractivity contribution in [2.75, 3.05) is 25.5 Å². The van der Waals surface area contributed by atoms with Crippen LogP contribution in [-0.4, -0.2) is 32.2 Å². The summed E-state index contributed by atoms with van der Waals surface area (Å²) in [6, 6.07) is 15.6. The van der Waals surface area contributed by atoms with Crippen molar-refractivity contribution in [2.45, 2.75) is 32.8 Å². The Bertz CT molecular complexity index is 684. The Morgan fingerprint density at radius 3 is 2.46 bits per heavy atom. The number of rotatable bonds is 10. The Morgan fingerprint density at radius 1 is 1.04 bits per heavy atom. The lowest BCUT2D eigenvalue weighted by Gasteiger charge is -2.11. The minimum Gasteiger partial charge on any atom is -0.496 e. The number of carbonyl (C=O) groups excluding carboxylic acids is 1. The van der Waals surface area contributed by atoms with Crippen molar-refractivity contribution in [1.82, 2.24) is 5.32 Å². The van der Waals surface area contributed by atoms with E-state index in [0.717, 1.165) is 29.2 Å². The first kappa shape index (κ1) is 19.6. The minimum atomic E-state index is 0.0344. The molecule has 5 nitrogen and oxygen atoms in total. The van der Waals surface area contributed by atoms with E-state index in [0.29, 0.717) is 19.5 Å².